The molecule has 1 aromatic heterocycles. The summed E-state index contributed by atoms with van der Waals surface area (Å²) in [5.74, 6) is 3.35. The summed E-state index contributed by atoms with van der Waals surface area (Å²) in [6, 6.07) is 4.37. The van der Waals surface area contributed by atoms with Gasteiger partial charge in [-0.15, -0.1) is 0 Å². The molecule has 6 nitrogen and oxygen atoms in total. The minimum Gasteiger partial charge on any atom is -0.354 e. The highest BCUT2D eigenvalue weighted by Gasteiger charge is 2.38. The molecule has 7 heteroatoms. The second-order valence-electron chi connectivity index (χ2n) is 8.73. The maximum absolute atomic E-state index is 4.72. The van der Waals surface area contributed by atoms with E-state index in [0.717, 1.165) is 57.6 Å². The van der Waals surface area contributed by atoms with Crippen LogP contribution in [0.5, 0.6) is 0 Å². The van der Waals surface area contributed by atoms with E-state index in [1.54, 1.807) is 0 Å². The number of pyridine rings is 1. The molecule has 0 unspecified atom stereocenters. The Morgan fingerprint density at radius 1 is 1.14 bits per heavy atom. The Balaban J connectivity index is 1.31. The van der Waals surface area contributed by atoms with Crippen LogP contribution in [0.25, 0.3) is 0 Å². The largest absolute Gasteiger partial charge is 0.354 e. The Morgan fingerprint density at radius 2 is 1.93 bits per heavy atom. The molecular weight excluding hydrogens is 380 g/mol. The first-order chi connectivity index (χ1) is 14.2. The van der Waals surface area contributed by atoms with E-state index in [4.69, 9.17) is 4.98 Å². The number of aliphatic imine (C=N–C) groups is 1. The molecule has 0 radical (unpaired) electrons. The Labute approximate surface area is 180 Å². The van der Waals surface area contributed by atoms with Crippen LogP contribution in [-0.4, -0.2) is 84.6 Å². The van der Waals surface area contributed by atoms with Crippen molar-refractivity contribution in [2.75, 3.05) is 64.0 Å². The second kappa shape index (κ2) is 9.56. The first-order valence-corrected chi connectivity index (χ1v) is 12.1. The molecule has 3 aliphatic rings. The molecule has 1 N–H and O–H groups in total. The van der Waals surface area contributed by atoms with Gasteiger partial charge in [-0.2, -0.15) is 11.8 Å². The zero-order valence-electron chi connectivity index (χ0n) is 18.1. The van der Waals surface area contributed by atoms with E-state index < -0.39 is 0 Å². The molecule has 29 heavy (non-hydrogen) atoms. The van der Waals surface area contributed by atoms with Crippen molar-refractivity contribution in [1.29, 1.82) is 0 Å². The maximum Gasteiger partial charge on any atom is 0.193 e. The number of nitrogens with one attached hydrogen (secondary N) is 1. The van der Waals surface area contributed by atoms with Crippen LogP contribution < -0.4 is 10.2 Å². The van der Waals surface area contributed by atoms with Gasteiger partial charge in [0.25, 0.3) is 0 Å². The third-order valence-electron chi connectivity index (χ3n) is 6.61. The van der Waals surface area contributed by atoms with Crippen molar-refractivity contribution in [1.82, 2.24) is 20.1 Å². The molecule has 2 saturated heterocycles. The van der Waals surface area contributed by atoms with E-state index in [1.807, 2.05) is 13.2 Å². The molecule has 0 amide bonds. The number of hydrogen-bond acceptors (Lipinski definition) is 5. The van der Waals surface area contributed by atoms with Crippen LogP contribution in [0.4, 0.5) is 5.82 Å². The molecule has 1 saturated carbocycles. The molecule has 0 atom stereocenters. The fourth-order valence-corrected chi connectivity index (χ4v) is 6.35. The van der Waals surface area contributed by atoms with Crippen molar-refractivity contribution in [3.63, 3.8) is 0 Å². The number of guanidine groups is 1. The first kappa shape index (κ1) is 20.8. The monoisotopic (exact) mass is 416 g/mol. The molecule has 3 heterocycles. The van der Waals surface area contributed by atoms with Crippen molar-refractivity contribution in [3.05, 3.63) is 23.9 Å². The quantitative estimate of drug-likeness (QED) is 0.604. The van der Waals surface area contributed by atoms with Gasteiger partial charge in [0, 0.05) is 69.6 Å². The summed E-state index contributed by atoms with van der Waals surface area (Å²) < 4.78 is 0.458. The lowest BCUT2D eigenvalue weighted by molar-refractivity contribution is 0.293. The second-order valence-corrected chi connectivity index (χ2v) is 10.3. The van der Waals surface area contributed by atoms with E-state index >= 15 is 0 Å². The number of rotatable bonds is 3. The van der Waals surface area contributed by atoms with E-state index in [2.05, 4.69) is 56.0 Å². The van der Waals surface area contributed by atoms with E-state index in [0.29, 0.717) is 4.75 Å². The van der Waals surface area contributed by atoms with Crippen molar-refractivity contribution >= 4 is 23.5 Å². The highest BCUT2D eigenvalue weighted by molar-refractivity contribution is 8.00. The molecule has 0 aromatic carbocycles. The fraction of sp³-hybridized carbons (Fsp3) is 0.727. The van der Waals surface area contributed by atoms with Crippen molar-refractivity contribution in [2.24, 2.45) is 4.99 Å². The molecule has 3 fully saturated rings. The summed E-state index contributed by atoms with van der Waals surface area (Å²) in [4.78, 5) is 16.5. The summed E-state index contributed by atoms with van der Waals surface area (Å²) in [5.41, 5.74) is 1.21. The summed E-state index contributed by atoms with van der Waals surface area (Å²) in [6.45, 7) is 7.34. The van der Waals surface area contributed by atoms with Crippen LogP contribution in [0.15, 0.2) is 23.3 Å². The zero-order chi connectivity index (χ0) is 20.1. The number of likely N-dealkylation sites (N-methyl/N-ethyl adjacent to an activating group) is 1. The average Bonchev–Trinajstić information content (AvgIpc) is 2.76. The normalized spacial score (nSPS) is 23.4. The van der Waals surface area contributed by atoms with Gasteiger partial charge in [0.2, 0.25) is 0 Å². The third-order valence-corrected chi connectivity index (χ3v) is 8.15. The van der Waals surface area contributed by atoms with Crippen LogP contribution in [-0.2, 0) is 6.54 Å². The van der Waals surface area contributed by atoms with Gasteiger partial charge in [0.1, 0.15) is 5.82 Å². The van der Waals surface area contributed by atoms with Crippen molar-refractivity contribution in [2.45, 2.75) is 43.4 Å². The molecule has 1 spiro atoms. The average molecular weight is 417 g/mol. The smallest absolute Gasteiger partial charge is 0.193 e. The Hall–Kier alpha value is -1.47. The lowest BCUT2D eigenvalue weighted by Crippen LogP contribution is -2.53. The van der Waals surface area contributed by atoms with Gasteiger partial charge in [-0.05, 0) is 31.5 Å². The SMILES string of the molecule is CN=C(NCc1ccc(N2CCN(C)CC2)nc1)N1CCSC2(CCCCC2)C1. The van der Waals surface area contributed by atoms with Crippen LogP contribution in [0.3, 0.4) is 0 Å². The molecule has 2 aliphatic heterocycles. The van der Waals surface area contributed by atoms with Gasteiger partial charge in [-0.1, -0.05) is 25.3 Å². The highest BCUT2D eigenvalue weighted by atomic mass is 32.2. The highest BCUT2D eigenvalue weighted by Crippen LogP contribution is 2.42. The lowest BCUT2D eigenvalue weighted by Gasteiger charge is -2.45. The van der Waals surface area contributed by atoms with Gasteiger partial charge >= 0.3 is 0 Å². The van der Waals surface area contributed by atoms with Crippen molar-refractivity contribution in [3.8, 4) is 0 Å². The molecule has 160 valence electrons. The zero-order valence-corrected chi connectivity index (χ0v) is 18.9. The molecule has 1 aromatic rings. The first-order valence-electron chi connectivity index (χ1n) is 11.2. The molecule has 0 bridgehead atoms. The maximum atomic E-state index is 4.72. The summed E-state index contributed by atoms with van der Waals surface area (Å²) in [6.07, 6.45) is 8.93. The van der Waals surface area contributed by atoms with Crippen molar-refractivity contribution < 1.29 is 0 Å². The number of piperazine rings is 1. The predicted molar refractivity (Wildman–Crippen MR) is 124 cm³/mol. The predicted octanol–water partition coefficient (Wildman–Crippen LogP) is 2.66. The van der Waals surface area contributed by atoms with Gasteiger partial charge in [-0.25, -0.2) is 4.98 Å². The van der Waals surface area contributed by atoms with Crippen LogP contribution in [0, 0.1) is 0 Å². The van der Waals surface area contributed by atoms with Gasteiger partial charge in [0.15, 0.2) is 5.96 Å². The van der Waals surface area contributed by atoms with Gasteiger partial charge in [0.05, 0.1) is 0 Å². The topological polar surface area (TPSA) is 47.0 Å². The Bertz CT molecular complexity index is 672. The third kappa shape index (κ3) is 5.18. The lowest BCUT2D eigenvalue weighted by atomic mass is 9.87. The van der Waals surface area contributed by atoms with E-state index in [9.17, 15) is 0 Å². The molecule has 4 rings (SSSR count). The van der Waals surface area contributed by atoms with Crippen LogP contribution in [0.2, 0.25) is 0 Å². The fourth-order valence-electron chi connectivity index (χ4n) is 4.78. The number of aromatic nitrogens is 1. The standard InChI is InChI=1S/C22H36N6S/c1-23-21(28-14-15-29-22(18-28)8-4-3-5-9-22)25-17-19-6-7-20(24-16-19)27-12-10-26(2)11-13-27/h6-7,16H,3-5,8-15,17-18H2,1-2H3,(H,23,25). The Morgan fingerprint density at radius 3 is 2.62 bits per heavy atom. The number of nitrogens with zero attached hydrogens (tertiary/aromatic N) is 5. The van der Waals surface area contributed by atoms with Gasteiger partial charge < -0.3 is 20.0 Å². The minimum absolute atomic E-state index is 0.458. The summed E-state index contributed by atoms with van der Waals surface area (Å²) in [7, 11) is 4.09. The number of hydrogen-bond donors (Lipinski definition) is 1. The van der Waals surface area contributed by atoms with E-state index in [1.165, 1.54) is 43.4 Å². The molecule has 1 aliphatic carbocycles. The van der Waals surface area contributed by atoms with Gasteiger partial charge in [-0.3, -0.25) is 4.99 Å². The summed E-state index contributed by atoms with van der Waals surface area (Å²) in [5, 5.41) is 3.59. The molecular formula is C22H36N6S. The van der Waals surface area contributed by atoms with Crippen LogP contribution >= 0.6 is 11.8 Å². The number of anilines is 1. The minimum atomic E-state index is 0.458. The number of thioether (sulfide) groups is 1. The Kier molecular flexibility index (Phi) is 6.85. The van der Waals surface area contributed by atoms with E-state index in [-0.39, 0.29) is 0 Å². The summed E-state index contributed by atoms with van der Waals surface area (Å²) >= 11 is 2.21. The van der Waals surface area contributed by atoms with Crippen LogP contribution in [0.1, 0.15) is 37.7 Å².